The van der Waals surface area contributed by atoms with Crippen LogP contribution in [0.4, 0.5) is 15.8 Å². The summed E-state index contributed by atoms with van der Waals surface area (Å²) in [6.07, 6.45) is 3.60. The lowest BCUT2D eigenvalue weighted by Gasteiger charge is -2.29. The number of carbonyl (C=O) groups excluding carboxylic acids is 2. The Kier molecular flexibility index (Phi) is 4.70. The van der Waals surface area contributed by atoms with Gasteiger partial charge in [0.25, 0.3) is 11.8 Å². The summed E-state index contributed by atoms with van der Waals surface area (Å²) in [5, 5.41) is -0.147. The molecule has 0 N–H and O–H groups in total. The number of halogens is 2. The van der Waals surface area contributed by atoms with Crippen molar-refractivity contribution < 1.29 is 14.0 Å². The van der Waals surface area contributed by atoms with E-state index in [1.807, 2.05) is 12.1 Å². The van der Waals surface area contributed by atoms with E-state index in [1.54, 1.807) is 12.1 Å². The molecule has 0 aromatic heterocycles. The van der Waals surface area contributed by atoms with Gasteiger partial charge in [-0.2, -0.15) is 0 Å². The molecule has 2 aliphatic rings. The van der Waals surface area contributed by atoms with Gasteiger partial charge in [0, 0.05) is 18.8 Å². The Morgan fingerprint density at radius 2 is 1.37 bits per heavy atom. The minimum Gasteiger partial charge on any atom is -0.372 e. The van der Waals surface area contributed by atoms with Crippen molar-refractivity contribution in [2.45, 2.75) is 19.3 Å². The fourth-order valence-electron chi connectivity index (χ4n) is 3.57. The van der Waals surface area contributed by atoms with Crippen molar-refractivity contribution in [1.29, 1.82) is 0 Å². The van der Waals surface area contributed by atoms with E-state index in [4.69, 9.17) is 11.6 Å². The molecule has 4 nitrogen and oxygen atoms in total. The summed E-state index contributed by atoms with van der Waals surface area (Å²) in [6, 6.07) is 12.7. The minimum atomic E-state index is -0.563. The summed E-state index contributed by atoms with van der Waals surface area (Å²) in [4.78, 5) is 28.8. The Hall–Kier alpha value is -2.66. The fourth-order valence-corrected chi connectivity index (χ4v) is 3.84. The van der Waals surface area contributed by atoms with E-state index < -0.39 is 17.6 Å². The molecule has 2 aromatic rings. The Morgan fingerprint density at radius 1 is 0.778 bits per heavy atom. The van der Waals surface area contributed by atoms with Crippen molar-refractivity contribution in [3.8, 4) is 0 Å². The topological polar surface area (TPSA) is 40.6 Å². The average molecular weight is 385 g/mol. The lowest BCUT2D eigenvalue weighted by molar-refractivity contribution is -0.119. The maximum atomic E-state index is 13.2. The van der Waals surface area contributed by atoms with Gasteiger partial charge in [0.1, 0.15) is 10.8 Å². The maximum absolute atomic E-state index is 13.2. The molecule has 27 heavy (non-hydrogen) atoms. The van der Waals surface area contributed by atoms with Crippen LogP contribution in [0.2, 0.25) is 0 Å². The molecular weight excluding hydrogens is 367 g/mol. The predicted octanol–water partition coefficient (Wildman–Crippen LogP) is 4.34. The van der Waals surface area contributed by atoms with E-state index in [0.29, 0.717) is 11.3 Å². The number of imide groups is 1. The standard InChI is InChI=1S/C21H18ClFN2O2/c22-19-18(14-4-6-15(23)7-5-14)20(26)25(21(19)27)17-10-8-16(9-11-17)24-12-2-1-3-13-24/h4-11H,1-3,12-13H2. The number of hydrogen-bond acceptors (Lipinski definition) is 3. The smallest absolute Gasteiger partial charge is 0.277 e. The Bertz CT molecular complexity index is 916. The van der Waals surface area contributed by atoms with E-state index in [1.165, 1.54) is 43.5 Å². The quantitative estimate of drug-likeness (QED) is 0.739. The third-order valence-electron chi connectivity index (χ3n) is 4.99. The van der Waals surface area contributed by atoms with Crippen LogP contribution in [-0.2, 0) is 9.59 Å². The Balaban J connectivity index is 1.60. The first-order valence-corrected chi connectivity index (χ1v) is 9.33. The molecular formula is C21H18ClFN2O2. The van der Waals surface area contributed by atoms with Gasteiger partial charge in [-0.3, -0.25) is 9.59 Å². The largest absolute Gasteiger partial charge is 0.372 e. The molecule has 1 saturated heterocycles. The molecule has 0 aliphatic carbocycles. The zero-order valence-electron chi connectivity index (χ0n) is 14.6. The van der Waals surface area contributed by atoms with E-state index in [-0.39, 0.29) is 10.6 Å². The van der Waals surface area contributed by atoms with Gasteiger partial charge < -0.3 is 4.90 Å². The molecule has 0 saturated carbocycles. The highest BCUT2D eigenvalue weighted by Crippen LogP contribution is 2.35. The highest BCUT2D eigenvalue weighted by Gasteiger charge is 2.39. The zero-order valence-corrected chi connectivity index (χ0v) is 15.4. The molecule has 1 fully saturated rings. The van der Waals surface area contributed by atoms with Crippen molar-refractivity contribution in [2.24, 2.45) is 0 Å². The summed E-state index contributed by atoms with van der Waals surface area (Å²) in [5.41, 5.74) is 2.07. The lowest BCUT2D eigenvalue weighted by atomic mass is 10.1. The van der Waals surface area contributed by atoms with Crippen LogP contribution in [0.5, 0.6) is 0 Å². The van der Waals surface area contributed by atoms with Gasteiger partial charge in [-0.15, -0.1) is 0 Å². The van der Waals surface area contributed by atoms with E-state index in [9.17, 15) is 14.0 Å². The van der Waals surface area contributed by atoms with Crippen molar-refractivity contribution in [1.82, 2.24) is 0 Å². The summed E-state index contributed by atoms with van der Waals surface area (Å²) >= 11 is 6.16. The highest BCUT2D eigenvalue weighted by atomic mass is 35.5. The zero-order chi connectivity index (χ0) is 19.0. The van der Waals surface area contributed by atoms with Crippen LogP contribution in [0.15, 0.2) is 53.6 Å². The van der Waals surface area contributed by atoms with Gasteiger partial charge in [-0.1, -0.05) is 23.7 Å². The lowest BCUT2D eigenvalue weighted by Crippen LogP contribution is -2.31. The summed E-state index contributed by atoms with van der Waals surface area (Å²) in [6.45, 7) is 2.03. The average Bonchev–Trinajstić information content (AvgIpc) is 2.92. The molecule has 6 heteroatoms. The van der Waals surface area contributed by atoms with Crippen LogP contribution in [0.25, 0.3) is 5.57 Å². The summed E-state index contributed by atoms with van der Waals surface area (Å²) < 4.78 is 13.2. The third-order valence-corrected chi connectivity index (χ3v) is 5.34. The number of piperidine rings is 1. The first-order valence-electron chi connectivity index (χ1n) is 8.96. The Morgan fingerprint density at radius 3 is 2.00 bits per heavy atom. The van der Waals surface area contributed by atoms with Gasteiger partial charge in [-0.25, -0.2) is 9.29 Å². The molecule has 2 aliphatic heterocycles. The molecule has 4 rings (SSSR count). The second kappa shape index (κ2) is 7.16. The number of anilines is 2. The van der Waals surface area contributed by atoms with Crippen LogP contribution >= 0.6 is 11.6 Å². The van der Waals surface area contributed by atoms with Gasteiger partial charge in [0.15, 0.2) is 0 Å². The molecule has 2 heterocycles. The molecule has 0 radical (unpaired) electrons. The van der Waals surface area contributed by atoms with Gasteiger partial charge in [0.05, 0.1) is 11.3 Å². The van der Waals surface area contributed by atoms with Crippen molar-refractivity contribution in [2.75, 3.05) is 22.9 Å². The summed E-state index contributed by atoms with van der Waals surface area (Å²) in [7, 11) is 0. The number of nitrogens with zero attached hydrogens (tertiary/aromatic N) is 2. The first kappa shape index (κ1) is 17.7. The van der Waals surface area contributed by atoms with Crippen molar-refractivity contribution in [3.63, 3.8) is 0 Å². The fraction of sp³-hybridized carbons (Fsp3) is 0.238. The normalized spacial score (nSPS) is 17.9. The summed E-state index contributed by atoms with van der Waals surface area (Å²) in [5.74, 6) is -1.48. The van der Waals surface area contributed by atoms with E-state index in [0.717, 1.165) is 23.7 Å². The second-order valence-electron chi connectivity index (χ2n) is 6.71. The first-order chi connectivity index (χ1) is 13.1. The maximum Gasteiger partial charge on any atom is 0.277 e. The third kappa shape index (κ3) is 3.23. The van der Waals surface area contributed by atoms with Crippen LogP contribution in [0, 0.1) is 5.82 Å². The molecule has 0 spiro atoms. The van der Waals surface area contributed by atoms with Crippen LogP contribution in [-0.4, -0.2) is 24.9 Å². The molecule has 0 bridgehead atoms. The van der Waals surface area contributed by atoms with Gasteiger partial charge in [-0.05, 0) is 61.2 Å². The minimum absolute atomic E-state index is 0.0989. The van der Waals surface area contributed by atoms with Crippen molar-refractivity contribution >= 4 is 40.4 Å². The van der Waals surface area contributed by atoms with Gasteiger partial charge in [0.2, 0.25) is 0 Å². The van der Waals surface area contributed by atoms with E-state index in [2.05, 4.69) is 4.90 Å². The number of benzene rings is 2. The SMILES string of the molecule is O=C1C(Cl)=C(c2ccc(F)cc2)C(=O)N1c1ccc(N2CCCCC2)cc1. The Labute approximate surface area is 161 Å². The number of amides is 2. The van der Waals surface area contributed by atoms with Gasteiger partial charge >= 0.3 is 0 Å². The monoisotopic (exact) mass is 384 g/mol. The predicted molar refractivity (Wildman–Crippen MR) is 104 cm³/mol. The number of hydrogen-bond donors (Lipinski definition) is 0. The van der Waals surface area contributed by atoms with Crippen molar-refractivity contribution in [3.05, 3.63) is 64.9 Å². The molecule has 0 unspecified atom stereocenters. The highest BCUT2D eigenvalue weighted by molar-refractivity contribution is 6.60. The molecule has 2 amide bonds. The second-order valence-corrected chi connectivity index (χ2v) is 7.08. The molecule has 138 valence electrons. The molecule has 0 atom stereocenters. The van der Waals surface area contributed by atoms with E-state index >= 15 is 0 Å². The van der Waals surface area contributed by atoms with Crippen LogP contribution in [0.3, 0.4) is 0 Å². The van der Waals surface area contributed by atoms with Crippen LogP contribution < -0.4 is 9.80 Å². The number of rotatable bonds is 3. The van der Waals surface area contributed by atoms with Crippen LogP contribution in [0.1, 0.15) is 24.8 Å². The number of carbonyl (C=O) groups is 2. The molecule has 2 aromatic carbocycles.